The van der Waals surface area contributed by atoms with E-state index in [1.165, 1.54) is 6.08 Å². The van der Waals surface area contributed by atoms with Gasteiger partial charge < -0.3 is 14.2 Å². The Morgan fingerprint density at radius 1 is 0.810 bits per heavy atom. The van der Waals surface area contributed by atoms with Gasteiger partial charge in [-0.15, -0.1) is 0 Å². The Morgan fingerprint density at radius 2 is 1.52 bits per heavy atom. The first-order valence-corrected chi connectivity index (χ1v) is 14.6. The molecule has 0 amide bonds. The second-order valence-corrected chi connectivity index (χ2v) is 12.3. The van der Waals surface area contributed by atoms with E-state index in [2.05, 4.69) is 0 Å². The quantitative estimate of drug-likeness (QED) is 0.312. The van der Waals surface area contributed by atoms with Crippen LogP contribution < -0.4 is 0 Å². The molecule has 9 unspecified atom stereocenters. The van der Waals surface area contributed by atoms with Crippen LogP contribution in [0.4, 0.5) is 0 Å². The van der Waals surface area contributed by atoms with Crippen molar-refractivity contribution in [3.63, 3.8) is 0 Å². The van der Waals surface area contributed by atoms with Crippen LogP contribution in [0, 0.1) is 35.0 Å². The zero-order valence-corrected chi connectivity index (χ0v) is 22.6. The summed E-state index contributed by atoms with van der Waals surface area (Å²) in [5.41, 5.74) is 0.271. The number of hydrogen-bond acceptors (Lipinski definition) is 8. The predicted molar refractivity (Wildman–Crippen MR) is 146 cm³/mol. The monoisotopic (exact) mass is 564 g/mol. The summed E-state index contributed by atoms with van der Waals surface area (Å²) in [7, 11) is 0. The summed E-state index contributed by atoms with van der Waals surface area (Å²) in [4.78, 5) is 68.5. The minimum Gasteiger partial charge on any atom is -0.489 e. The van der Waals surface area contributed by atoms with E-state index in [0.717, 1.165) is 11.1 Å². The highest BCUT2D eigenvalue weighted by molar-refractivity contribution is 6.17. The molecule has 42 heavy (non-hydrogen) atoms. The molecule has 3 aliphatic heterocycles. The summed E-state index contributed by atoms with van der Waals surface area (Å²) >= 11 is 0. The summed E-state index contributed by atoms with van der Waals surface area (Å²) in [5.74, 6) is -4.78. The number of Topliss-reactive ketones (excluding diaryl/α,β-unsaturated/α-hetero) is 2. The van der Waals surface area contributed by atoms with Gasteiger partial charge in [0.05, 0.1) is 19.3 Å². The number of allylic oxidation sites excluding steroid dienone is 2. The van der Waals surface area contributed by atoms with Crippen molar-refractivity contribution in [2.45, 2.75) is 44.0 Å². The van der Waals surface area contributed by atoms with E-state index in [9.17, 15) is 24.0 Å². The lowest BCUT2D eigenvalue weighted by Crippen LogP contribution is -2.54. The molecule has 2 aromatic carbocycles. The first-order chi connectivity index (χ1) is 20.4. The molecule has 9 atom stereocenters. The average Bonchev–Trinajstić information content (AvgIpc) is 3.62. The van der Waals surface area contributed by atoms with Crippen LogP contribution in [-0.4, -0.2) is 41.5 Å². The lowest BCUT2D eigenvalue weighted by atomic mass is 9.57. The molecule has 8 nitrogen and oxygen atoms in total. The van der Waals surface area contributed by atoms with Crippen LogP contribution in [0.15, 0.2) is 78.1 Å². The molecule has 0 radical (unpaired) electrons. The van der Waals surface area contributed by atoms with Gasteiger partial charge in [-0.25, -0.2) is 0 Å². The van der Waals surface area contributed by atoms with Crippen molar-refractivity contribution in [3.05, 3.63) is 89.2 Å². The molecule has 2 saturated heterocycles. The molecule has 2 saturated carbocycles. The van der Waals surface area contributed by atoms with Gasteiger partial charge in [0.1, 0.15) is 29.5 Å². The van der Waals surface area contributed by atoms with E-state index in [1.807, 2.05) is 60.7 Å². The molecular formula is C34H28O8. The van der Waals surface area contributed by atoms with Crippen molar-refractivity contribution in [1.82, 2.24) is 0 Å². The van der Waals surface area contributed by atoms with Crippen LogP contribution in [0.1, 0.15) is 42.9 Å². The molecule has 212 valence electrons. The first-order valence-electron chi connectivity index (χ1n) is 14.6. The smallest absolute Gasteiger partial charge is 0.306 e. The third-order valence-electron chi connectivity index (χ3n) is 10.4. The van der Waals surface area contributed by atoms with E-state index >= 15 is 0 Å². The maximum absolute atomic E-state index is 14.6. The lowest BCUT2D eigenvalue weighted by Gasteiger charge is -2.46. The zero-order valence-electron chi connectivity index (χ0n) is 22.6. The van der Waals surface area contributed by atoms with Gasteiger partial charge in [0.25, 0.3) is 0 Å². The highest BCUT2D eigenvalue weighted by atomic mass is 16.6. The number of benzene rings is 2. The highest BCUT2D eigenvalue weighted by Gasteiger charge is 2.78. The standard InChI is InChI=1S/C34H28O8/c35-22-16-23(18-9-5-2-6-10-18)41-32-28(22)19-14-26(37)42-31(19)29-20-13-24-21(15-27(38)40-24)34(30(29)32,33(20)39)25(36)12-11-17-7-3-1-4-8-17/h1-12,19-21,23-24,29-31H,13-16H2. The number of carbonyl (C=O) groups is 5. The summed E-state index contributed by atoms with van der Waals surface area (Å²) in [6.45, 7) is 0. The summed E-state index contributed by atoms with van der Waals surface area (Å²) < 4.78 is 18.3. The van der Waals surface area contributed by atoms with E-state index in [1.54, 1.807) is 6.08 Å². The summed E-state index contributed by atoms with van der Waals surface area (Å²) in [6.07, 6.45) is 1.42. The van der Waals surface area contributed by atoms with Crippen molar-refractivity contribution in [3.8, 4) is 0 Å². The summed E-state index contributed by atoms with van der Waals surface area (Å²) in [6, 6.07) is 18.7. The van der Waals surface area contributed by atoms with E-state index in [0.29, 0.717) is 11.3 Å². The fourth-order valence-electron chi connectivity index (χ4n) is 8.86. The van der Waals surface area contributed by atoms with Gasteiger partial charge in [-0.3, -0.25) is 24.0 Å². The Morgan fingerprint density at radius 3 is 2.29 bits per heavy atom. The number of ether oxygens (including phenoxy) is 3. The number of esters is 2. The maximum atomic E-state index is 14.6. The molecule has 2 bridgehead atoms. The fraction of sp³-hybridized carbons (Fsp3) is 0.382. The molecule has 8 heteroatoms. The largest absolute Gasteiger partial charge is 0.489 e. The molecule has 0 aromatic heterocycles. The second-order valence-electron chi connectivity index (χ2n) is 12.3. The van der Waals surface area contributed by atoms with Gasteiger partial charge in [-0.1, -0.05) is 66.7 Å². The molecule has 0 spiro atoms. The first kappa shape index (κ1) is 25.4. The van der Waals surface area contributed by atoms with Crippen LogP contribution in [0.5, 0.6) is 0 Å². The SMILES string of the molecule is O=C1CC2C(CC3C(=O)C2(C(=O)C=Cc2ccccc2)C2C4=C(C(=O)CC(c5ccccc5)O4)C4CC(=O)OC4C32)O1. The lowest BCUT2D eigenvalue weighted by molar-refractivity contribution is -0.154. The Hall–Kier alpha value is -4.33. The molecule has 4 fully saturated rings. The van der Waals surface area contributed by atoms with Gasteiger partial charge in [0.2, 0.25) is 0 Å². The topological polar surface area (TPSA) is 113 Å². The normalized spacial score (nSPS) is 37.9. The minimum atomic E-state index is -1.69. The average molecular weight is 565 g/mol. The third kappa shape index (κ3) is 3.38. The Kier molecular flexibility index (Phi) is 5.49. The highest BCUT2D eigenvalue weighted by Crippen LogP contribution is 2.69. The van der Waals surface area contributed by atoms with Gasteiger partial charge >= 0.3 is 11.9 Å². The van der Waals surface area contributed by atoms with Crippen LogP contribution in [0.2, 0.25) is 0 Å². The van der Waals surface area contributed by atoms with Crippen LogP contribution >= 0.6 is 0 Å². The molecule has 0 N–H and O–H groups in total. The summed E-state index contributed by atoms with van der Waals surface area (Å²) in [5, 5.41) is 0. The van der Waals surface area contributed by atoms with Crippen molar-refractivity contribution < 1.29 is 38.2 Å². The van der Waals surface area contributed by atoms with Crippen LogP contribution in [0.3, 0.4) is 0 Å². The van der Waals surface area contributed by atoms with Crippen molar-refractivity contribution >= 4 is 35.4 Å². The second kappa shape index (κ2) is 9.08. The van der Waals surface area contributed by atoms with Gasteiger partial charge in [-0.2, -0.15) is 0 Å². The van der Waals surface area contributed by atoms with Crippen molar-refractivity contribution in [1.29, 1.82) is 0 Å². The number of fused-ring (bicyclic) bond motifs is 11. The number of ketones is 3. The van der Waals surface area contributed by atoms with Crippen LogP contribution in [-0.2, 0) is 38.2 Å². The Bertz CT molecular complexity index is 1610. The van der Waals surface area contributed by atoms with E-state index in [-0.39, 0.29) is 37.2 Å². The van der Waals surface area contributed by atoms with Gasteiger partial charge in [0.15, 0.2) is 17.3 Å². The number of carbonyl (C=O) groups excluding carboxylic acids is 5. The van der Waals surface area contributed by atoms with Crippen molar-refractivity contribution in [2.24, 2.45) is 35.0 Å². The maximum Gasteiger partial charge on any atom is 0.306 e. The Labute approximate surface area is 241 Å². The predicted octanol–water partition coefficient (Wildman–Crippen LogP) is 3.95. The Balaban J connectivity index is 1.33. The molecule has 8 rings (SSSR count). The molecule has 2 aromatic rings. The minimum absolute atomic E-state index is 0.0232. The third-order valence-corrected chi connectivity index (χ3v) is 10.4. The molecule has 3 heterocycles. The molecule has 6 aliphatic rings. The number of rotatable bonds is 4. The van der Waals surface area contributed by atoms with Gasteiger partial charge in [-0.05, 0) is 23.6 Å². The van der Waals surface area contributed by atoms with Gasteiger partial charge in [0, 0.05) is 35.2 Å². The molecular weight excluding hydrogens is 536 g/mol. The van der Waals surface area contributed by atoms with Crippen molar-refractivity contribution in [2.75, 3.05) is 0 Å². The molecule has 3 aliphatic carbocycles. The zero-order chi connectivity index (χ0) is 28.7. The fourth-order valence-corrected chi connectivity index (χ4v) is 8.86. The number of hydrogen-bond donors (Lipinski definition) is 0. The van der Waals surface area contributed by atoms with E-state index in [4.69, 9.17) is 14.2 Å². The van der Waals surface area contributed by atoms with E-state index < -0.39 is 71.0 Å². The van der Waals surface area contributed by atoms with Crippen LogP contribution in [0.25, 0.3) is 6.08 Å².